The smallest absolute Gasteiger partial charge is 0.170 e. The second kappa shape index (κ2) is 32.1. The molecule has 0 saturated carbocycles. The lowest BCUT2D eigenvalue weighted by molar-refractivity contribution is 0.400. The van der Waals surface area contributed by atoms with Crippen LogP contribution in [-0.2, 0) is 12.8 Å². The van der Waals surface area contributed by atoms with E-state index in [1.165, 1.54) is 226 Å². The van der Waals surface area contributed by atoms with E-state index >= 15 is 8.78 Å². The first-order valence-corrected chi connectivity index (χ1v) is 29.0. The summed E-state index contributed by atoms with van der Waals surface area (Å²) in [5.74, 6) is -0.291. The maximum atomic E-state index is 16.7. The maximum absolute atomic E-state index is 16.7. The molecule has 3 aromatic heterocycles. The molecule has 0 saturated heterocycles. The maximum Gasteiger partial charge on any atom is 0.170 e. The Morgan fingerprint density at radius 3 is 0.968 bits per heavy atom. The van der Waals surface area contributed by atoms with Crippen molar-refractivity contribution in [2.24, 2.45) is 11.8 Å². The summed E-state index contributed by atoms with van der Waals surface area (Å²) in [5, 5.41) is 0. The molecule has 0 aliphatic carbocycles. The van der Waals surface area contributed by atoms with Crippen molar-refractivity contribution < 1.29 is 8.78 Å². The van der Waals surface area contributed by atoms with E-state index in [4.69, 9.17) is 0 Å². The highest BCUT2D eigenvalue weighted by molar-refractivity contribution is 7.16. The van der Waals surface area contributed by atoms with Gasteiger partial charge >= 0.3 is 0 Å². The third-order valence-corrected chi connectivity index (χ3v) is 16.8. The number of fused-ring (bicyclic) bond motifs is 1. The molecule has 4 aromatic rings. The quantitative estimate of drug-likeness (QED) is 0.0419. The molecule has 4 rings (SSSR count). The molecule has 0 aliphatic rings. The van der Waals surface area contributed by atoms with E-state index in [-0.39, 0.29) is 0 Å². The lowest BCUT2D eigenvalue weighted by Gasteiger charge is -2.17. The van der Waals surface area contributed by atoms with Crippen LogP contribution in [0.2, 0.25) is 0 Å². The lowest BCUT2D eigenvalue weighted by Crippen LogP contribution is -2.06. The Hall–Kier alpha value is -1.70. The first-order valence-electron chi connectivity index (χ1n) is 26.6. The first kappa shape index (κ1) is 53.9. The Balaban J connectivity index is 1.49. The predicted octanol–water partition coefficient (Wildman–Crippen LogP) is 20.9. The molecule has 0 spiro atoms. The van der Waals surface area contributed by atoms with Crippen LogP contribution in [-0.4, -0.2) is 8.75 Å². The van der Waals surface area contributed by atoms with Gasteiger partial charge in [-0.2, -0.15) is 8.75 Å². The second-order valence-electron chi connectivity index (χ2n) is 19.5. The largest absolute Gasteiger partial charge is 0.203 e. The monoisotopic (exact) mass is 925 g/mol. The number of nitrogens with zero attached hydrogens (tertiary/aromatic N) is 2. The summed E-state index contributed by atoms with van der Waals surface area (Å²) in [4.78, 5) is 4.01. The standard InChI is InChI=1S/C56H90F2N2S3/c1-7-11-15-19-23-25-29-33-37-45(35-31-27-21-17-13-9-3)39-47-41-49(61-43(47)5)51-53(57)54(58)52(56-55(51)59-63-60-56)50-42-48(44(6)62-50)40-46(36-32-28-22-18-14-10-4)38-34-30-26-24-20-16-12-8-2/h41-42,45-46H,7-40H2,1-6H3. The van der Waals surface area contributed by atoms with Crippen LogP contribution < -0.4 is 0 Å². The molecule has 7 heteroatoms. The highest BCUT2D eigenvalue weighted by Gasteiger charge is 2.28. The fourth-order valence-electron chi connectivity index (χ4n) is 9.96. The van der Waals surface area contributed by atoms with Gasteiger partial charge in [0, 0.05) is 19.5 Å². The summed E-state index contributed by atoms with van der Waals surface area (Å²) in [6.45, 7) is 13.5. The Morgan fingerprint density at radius 1 is 0.413 bits per heavy atom. The van der Waals surface area contributed by atoms with Crippen molar-refractivity contribution in [1.29, 1.82) is 0 Å². The molecule has 3 heterocycles. The molecule has 0 radical (unpaired) electrons. The van der Waals surface area contributed by atoms with Gasteiger partial charge in [-0.1, -0.05) is 233 Å². The van der Waals surface area contributed by atoms with E-state index in [2.05, 4.69) is 62.4 Å². The summed E-state index contributed by atoms with van der Waals surface area (Å²) in [6.07, 6.45) is 44.4. The summed E-state index contributed by atoms with van der Waals surface area (Å²) < 4.78 is 42.8. The Labute approximate surface area is 398 Å². The number of unbranched alkanes of at least 4 members (excludes halogenated alkanes) is 24. The van der Waals surface area contributed by atoms with Crippen LogP contribution in [0.15, 0.2) is 12.1 Å². The molecule has 0 N–H and O–H groups in total. The lowest BCUT2D eigenvalue weighted by atomic mass is 9.88. The topological polar surface area (TPSA) is 25.8 Å². The van der Waals surface area contributed by atoms with Crippen molar-refractivity contribution >= 4 is 45.4 Å². The molecule has 63 heavy (non-hydrogen) atoms. The minimum absolute atomic E-state index is 0.299. The zero-order valence-electron chi connectivity index (χ0n) is 41.2. The van der Waals surface area contributed by atoms with Gasteiger partial charge in [-0.15, -0.1) is 22.7 Å². The highest BCUT2D eigenvalue weighted by atomic mass is 32.1. The Kier molecular flexibility index (Phi) is 27.5. The van der Waals surface area contributed by atoms with Gasteiger partial charge in [0.05, 0.1) is 22.9 Å². The Bertz CT molecular complexity index is 1660. The summed E-state index contributed by atoms with van der Waals surface area (Å²) in [5.41, 5.74) is 4.21. The van der Waals surface area contributed by atoms with Crippen LogP contribution in [0.3, 0.4) is 0 Å². The third kappa shape index (κ3) is 18.8. The summed E-state index contributed by atoms with van der Waals surface area (Å²) in [6, 6.07) is 4.34. The molecular weight excluding hydrogens is 835 g/mol. The third-order valence-electron chi connectivity index (χ3n) is 14.0. The second-order valence-corrected chi connectivity index (χ2v) is 22.5. The van der Waals surface area contributed by atoms with Gasteiger partial charge in [0.25, 0.3) is 0 Å². The summed E-state index contributed by atoms with van der Waals surface area (Å²) >= 11 is 4.28. The van der Waals surface area contributed by atoms with Crippen LogP contribution in [0.4, 0.5) is 8.78 Å². The van der Waals surface area contributed by atoms with Crippen molar-refractivity contribution in [3.8, 4) is 20.9 Å². The van der Waals surface area contributed by atoms with Crippen molar-refractivity contribution in [3.63, 3.8) is 0 Å². The van der Waals surface area contributed by atoms with E-state index in [9.17, 15) is 0 Å². The van der Waals surface area contributed by atoms with Crippen LogP contribution in [0, 0.1) is 37.3 Å². The number of hydrogen-bond acceptors (Lipinski definition) is 5. The highest BCUT2D eigenvalue weighted by Crippen LogP contribution is 2.45. The number of halogens is 2. The molecule has 0 aliphatic heterocycles. The zero-order chi connectivity index (χ0) is 45.1. The number of thiophene rings is 2. The van der Waals surface area contributed by atoms with Crippen LogP contribution in [0.25, 0.3) is 31.9 Å². The van der Waals surface area contributed by atoms with Crippen molar-refractivity contribution in [2.75, 3.05) is 0 Å². The summed E-state index contributed by atoms with van der Waals surface area (Å²) in [7, 11) is 0. The number of rotatable bonds is 38. The molecule has 0 fully saturated rings. The minimum Gasteiger partial charge on any atom is -0.203 e. The van der Waals surface area contributed by atoms with Gasteiger partial charge in [0.15, 0.2) is 11.6 Å². The van der Waals surface area contributed by atoms with Crippen LogP contribution in [0.1, 0.15) is 254 Å². The predicted molar refractivity (Wildman–Crippen MR) is 278 cm³/mol. The van der Waals surface area contributed by atoms with E-state index in [0.29, 0.717) is 34.0 Å². The average molecular weight is 926 g/mol. The molecule has 0 amide bonds. The molecular formula is C56H90F2N2S3. The number of aryl methyl sites for hydroxylation is 2. The molecule has 2 nitrogen and oxygen atoms in total. The fourth-order valence-corrected chi connectivity index (χ4v) is 12.7. The normalized spacial score (nSPS) is 12.9. The van der Waals surface area contributed by atoms with Gasteiger partial charge in [0.1, 0.15) is 11.0 Å². The van der Waals surface area contributed by atoms with E-state index in [0.717, 1.165) is 34.3 Å². The first-order chi connectivity index (χ1) is 30.8. The average Bonchev–Trinajstić information content (AvgIpc) is 4.00. The van der Waals surface area contributed by atoms with Gasteiger partial charge in [-0.05, 0) is 61.8 Å². The minimum atomic E-state index is -0.774. The van der Waals surface area contributed by atoms with Crippen molar-refractivity contribution in [2.45, 2.75) is 260 Å². The van der Waals surface area contributed by atoms with Gasteiger partial charge in [-0.25, -0.2) is 8.78 Å². The van der Waals surface area contributed by atoms with Gasteiger partial charge in [0.2, 0.25) is 0 Å². The molecule has 1 aromatic carbocycles. The van der Waals surface area contributed by atoms with E-state index in [1.807, 2.05) is 0 Å². The van der Waals surface area contributed by atoms with Crippen molar-refractivity contribution in [3.05, 3.63) is 44.6 Å². The number of aromatic nitrogens is 2. The number of hydrogen-bond donors (Lipinski definition) is 0. The molecule has 2 unspecified atom stereocenters. The van der Waals surface area contributed by atoms with Crippen LogP contribution >= 0.6 is 34.4 Å². The molecule has 0 bridgehead atoms. The van der Waals surface area contributed by atoms with Crippen molar-refractivity contribution in [1.82, 2.24) is 8.75 Å². The molecule has 356 valence electrons. The van der Waals surface area contributed by atoms with Crippen LogP contribution in [0.5, 0.6) is 0 Å². The zero-order valence-corrected chi connectivity index (χ0v) is 43.7. The van der Waals surface area contributed by atoms with E-state index in [1.54, 1.807) is 22.7 Å². The van der Waals surface area contributed by atoms with Gasteiger partial charge < -0.3 is 0 Å². The Morgan fingerprint density at radius 2 is 0.683 bits per heavy atom. The number of benzene rings is 1. The van der Waals surface area contributed by atoms with E-state index < -0.39 is 11.6 Å². The molecule has 2 atom stereocenters. The SMILES string of the molecule is CCCCCCCCCCC(CCCCCCCC)Cc1cc(-c2c(F)c(F)c(-c3cc(CC(CCCCCCCC)CCCCCCCCCC)c(C)s3)c3nsnc23)sc1C. The fraction of sp³-hybridized carbons (Fsp3) is 0.750. The van der Waals surface area contributed by atoms with Gasteiger partial charge in [-0.3, -0.25) is 0 Å².